The fourth-order valence-corrected chi connectivity index (χ4v) is 1.75. The van der Waals surface area contributed by atoms with Gasteiger partial charge in [-0.3, -0.25) is 10.1 Å². The van der Waals surface area contributed by atoms with Crippen LogP contribution < -0.4 is 0 Å². The zero-order valence-corrected chi connectivity index (χ0v) is 10.3. The molecule has 92 valence electrons. The number of likely N-dealkylation sites (N-methyl/N-ethyl adjacent to an activating group) is 1. The average Bonchev–Trinajstić information content (AvgIpc) is 2.25. The summed E-state index contributed by atoms with van der Waals surface area (Å²) in [6.45, 7) is 7.43. The van der Waals surface area contributed by atoms with E-state index in [0.717, 1.165) is 24.2 Å². The van der Waals surface area contributed by atoms with Crippen LogP contribution in [-0.2, 0) is 6.42 Å². The predicted octanol–water partition coefficient (Wildman–Crippen LogP) is 2.65. The summed E-state index contributed by atoms with van der Waals surface area (Å²) in [5, 5.41) is 10.8. The van der Waals surface area contributed by atoms with Crippen molar-refractivity contribution in [2.45, 2.75) is 13.3 Å². The standard InChI is InChI=1S/C13H18N2O2/c1-11(2)10-14(3)9-8-12-6-4-5-7-13(12)15(16)17/h4-7H,1,8-10H2,2-3H3. The Hall–Kier alpha value is -1.68. The highest BCUT2D eigenvalue weighted by atomic mass is 16.6. The van der Waals surface area contributed by atoms with Crippen molar-refractivity contribution in [1.82, 2.24) is 4.90 Å². The lowest BCUT2D eigenvalue weighted by Crippen LogP contribution is -2.23. The quantitative estimate of drug-likeness (QED) is 0.432. The predicted molar refractivity (Wildman–Crippen MR) is 69.1 cm³/mol. The Morgan fingerprint density at radius 2 is 2.12 bits per heavy atom. The average molecular weight is 234 g/mol. The Kier molecular flexibility index (Phi) is 4.84. The van der Waals surface area contributed by atoms with E-state index in [4.69, 9.17) is 0 Å². The van der Waals surface area contributed by atoms with Gasteiger partial charge >= 0.3 is 0 Å². The molecular formula is C13H18N2O2. The third-order valence-corrected chi connectivity index (χ3v) is 2.49. The summed E-state index contributed by atoms with van der Waals surface area (Å²) >= 11 is 0. The van der Waals surface area contributed by atoms with Crippen molar-refractivity contribution in [3.8, 4) is 0 Å². The van der Waals surface area contributed by atoms with E-state index in [0.29, 0.717) is 6.42 Å². The number of hydrogen-bond acceptors (Lipinski definition) is 3. The molecule has 4 nitrogen and oxygen atoms in total. The zero-order chi connectivity index (χ0) is 12.8. The monoisotopic (exact) mass is 234 g/mol. The first-order valence-electron chi connectivity index (χ1n) is 5.56. The molecule has 4 heteroatoms. The van der Waals surface area contributed by atoms with Gasteiger partial charge in [0.25, 0.3) is 5.69 Å². The highest BCUT2D eigenvalue weighted by Crippen LogP contribution is 2.18. The van der Waals surface area contributed by atoms with Crippen molar-refractivity contribution in [2.75, 3.05) is 20.1 Å². The first kappa shape index (κ1) is 13.4. The van der Waals surface area contributed by atoms with E-state index in [1.54, 1.807) is 12.1 Å². The minimum atomic E-state index is -0.325. The molecular weight excluding hydrogens is 216 g/mol. The molecule has 17 heavy (non-hydrogen) atoms. The molecule has 0 aliphatic heterocycles. The minimum absolute atomic E-state index is 0.205. The fraction of sp³-hybridized carbons (Fsp3) is 0.385. The third kappa shape index (κ3) is 4.36. The van der Waals surface area contributed by atoms with Crippen LogP contribution in [0.25, 0.3) is 0 Å². The van der Waals surface area contributed by atoms with Gasteiger partial charge in [-0.25, -0.2) is 0 Å². The summed E-state index contributed by atoms with van der Waals surface area (Å²) in [6, 6.07) is 6.89. The number of nitro groups is 1. The molecule has 1 aromatic carbocycles. The first-order valence-corrected chi connectivity index (χ1v) is 5.56. The van der Waals surface area contributed by atoms with Crippen LogP contribution >= 0.6 is 0 Å². The van der Waals surface area contributed by atoms with Gasteiger partial charge < -0.3 is 4.90 Å². The van der Waals surface area contributed by atoms with Gasteiger partial charge in [0.15, 0.2) is 0 Å². The SMILES string of the molecule is C=C(C)CN(C)CCc1ccccc1[N+](=O)[O-]. The molecule has 0 saturated carbocycles. The lowest BCUT2D eigenvalue weighted by Gasteiger charge is -2.16. The second-order valence-electron chi connectivity index (χ2n) is 4.33. The molecule has 1 aromatic rings. The van der Waals surface area contributed by atoms with E-state index in [1.807, 2.05) is 26.1 Å². The van der Waals surface area contributed by atoms with Crippen molar-refractivity contribution in [3.63, 3.8) is 0 Å². The highest BCUT2D eigenvalue weighted by molar-refractivity contribution is 5.39. The number of nitrogens with zero attached hydrogens (tertiary/aromatic N) is 2. The Labute approximate surface area is 102 Å². The van der Waals surface area contributed by atoms with Crippen LogP contribution in [-0.4, -0.2) is 30.0 Å². The molecule has 0 N–H and O–H groups in total. The number of para-hydroxylation sites is 1. The molecule has 0 amide bonds. The van der Waals surface area contributed by atoms with Gasteiger partial charge in [0.2, 0.25) is 0 Å². The molecule has 0 bridgehead atoms. The summed E-state index contributed by atoms with van der Waals surface area (Å²) in [4.78, 5) is 12.6. The smallest absolute Gasteiger partial charge is 0.272 e. The Morgan fingerprint density at radius 1 is 1.47 bits per heavy atom. The van der Waals surface area contributed by atoms with Crippen molar-refractivity contribution < 1.29 is 4.92 Å². The summed E-state index contributed by atoms with van der Waals surface area (Å²) in [5.41, 5.74) is 2.08. The Balaban J connectivity index is 2.63. The van der Waals surface area contributed by atoms with Crippen LogP contribution in [0.2, 0.25) is 0 Å². The minimum Gasteiger partial charge on any atom is -0.302 e. The van der Waals surface area contributed by atoms with Gasteiger partial charge in [-0.05, 0) is 20.4 Å². The van der Waals surface area contributed by atoms with E-state index in [1.165, 1.54) is 0 Å². The number of benzene rings is 1. The van der Waals surface area contributed by atoms with Crippen molar-refractivity contribution >= 4 is 5.69 Å². The second-order valence-corrected chi connectivity index (χ2v) is 4.33. The molecule has 1 rings (SSSR count). The van der Waals surface area contributed by atoms with Gasteiger partial charge in [0.05, 0.1) is 4.92 Å². The van der Waals surface area contributed by atoms with E-state index in [2.05, 4.69) is 11.5 Å². The number of nitro benzene ring substituents is 1. The van der Waals surface area contributed by atoms with Crippen molar-refractivity contribution in [3.05, 3.63) is 52.1 Å². The van der Waals surface area contributed by atoms with E-state index < -0.39 is 0 Å². The molecule has 0 atom stereocenters. The van der Waals surface area contributed by atoms with Gasteiger partial charge in [-0.2, -0.15) is 0 Å². The lowest BCUT2D eigenvalue weighted by molar-refractivity contribution is -0.385. The maximum Gasteiger partial charge on any atom is 0.272 e. The van der Waals surface area contributed by atoms with Crippen molar-refractivity contribution in [1.29, 1.82) is 0 Å². The van der Waals surface area contributed by atoms with Crippen LogP contribution in [0, 0.1) is 10.1 Å². The zero-order valence-electron chi connectivity index (χ0n) is 10.3. The molecule has 0 fully saturated rings. The number of rotatable bonds is 6. The van der Waals surface area contributed by atoms with E-state index >= 15 is 0 Å². The summed E-state index contributed by atoms with van der Waals surface area (Å²) in [7, 11) is 1.99. The van der Waals surface area contributed by atoms with E-state index in [9.17, 15) is 10.1 Å². The fourth-order valence-electron chi connectivity index (χ4n) is 1.75. The first-order chi connectivity index (χ1) is 8.00. The molecule has 0 unspecified atom stereocenters. The molecule has 0 radical (unpaired) electrons. The van der Waals surface area contributed by atoms with Crippen LogP contribution in [0.1, 0.15) is 12.5 Å². The normalized spacial score (nSPS) is 10.5. The maximum absolute atomic E-state index is 10.8. The Bertz CT molecular complexity index is 416. The van der Waals surface area contributed by atoms with Gasteiger partial charge in [0.1, 0.15) is 0 Å². The van der Waals surface area contributed by atoms with Crippen LogP contribution in [0.15, 0.2) is 36.4 Å². The van der Waals surface area contributed by atoms with Crippen LogP contribution in [0.4, 0.5) is 5.69 Å². The number of hydrogen-bond donors (Lipinski definition) is 0. The Morgan fingerprint density at radius 3 is 2.71 bits per heavy atom. The molecule has 0 aliphatic rings. The molecule has 0 spiro atoms. The molecule has 0 saturated heterocycles. The molecule has 0 heterocycles. The highest BCUT2D eigenvalue weighted by Gasteiger charge is 2.12. The summed E-state index contributed by atoms with van der Waals surface area (Å²) in [6.07, 6.45) is 0.681. The summed E-state index contributed by atoms with van der Waals surface area (Å²) < 4.78 is 0. The van der Waals surface area contributed by atoms with Crippen LogP contribution in [0.3, 0.4) is 0 Å². The third-order valence-electron chi connectivity index (χ3n) is 2.49. The summed E-state index contributed by atoms with van der Waals surface area (Å²) in [5.74, 6) is 0. The van der Waals surface area contributed by atoms with Crippen molar-refractivity contribution in [2.24, 2.45) is 0 Å². The van der Waals surface area contributed by atoms with Gasteiger partial charge in [0, 0.05) is 24.7 Å². The second kappa shape index (κ2) is 6.15. The molecule has 0 aliphatic carbocycles. The van der Waals surface area contributed by atoms with Gasteiger partial charge in [-0.15, -0.1) is 0 Å². The molecule has 0 aromatic heterocycles. The van der Waals surface area contributed by atoms with E-state index in [-0.39, 0.29) is 10.6 Å². The maximum atomic E-state index is 10.8. The van der Waals surface area contributed by atoms with Gasteiger partial charge in [-0.1, -0.05) is 30.4 Å². The topological polar surface area (TPSA) is 46.4 Å². The lowest BCUT2D eigenvalue weighted by atomic mass is 10.1. The largest absolute Gasteiger partial charge is 0.302 e. The van der Waals surface area contributed by atoms with Crippen LogP contribution in [0.5, 0.6) is 0 Å².